The van der Waals surface area contributed by atoms with E-state index in [0.29, 0.717) is 0 Å². The first-order valence-corrected chi connectivity index (χ1v) is 9.38. The lowest BCUT2D eigenvalue weighted by Gasteiger charge is -2.39. The first kappa shape index (κ1) is 18.3. The summed E-state index contributed by atoms with van der Waals surface area (Å²) in [7, 11) is 1.54. The molecule has 1 heterocycles. The summed E-state index contributed by atoms with van der Waals surface area (Å²) in [6, 6.07) is 7.42. The lowest BCUT2D eigenvalue weighted by molar-refractivity contribution is -0.125. The Morgan fingerprint density at radius 2 is 2.04 bits per heavy atom. The molecule has 2 fully saturated rings. The molecule has 1 aromatic rings. The minimum Gasteiger partial charge on any atom is -0.375 e. The molecule has 138 valence electrons. The molecule has 4 nitrogen and oxygen atoms in total. The van der Waals surface area contributed by atoms with Crippen molar-refractivity contribution in [2.75, 3.05) is 33.4 Å². The van der Waals surface area contributed by atoms with E-state index in [0.717, 1.165) is 50.9 Å². The Bertz CT molecular complexity index is 579. The zero-order chi connectivity index (χ0) is 17.7. The van der Waals surface area contributed by atoms with Gasteiger partial charge in [-0.2, -0.15) is 0 Å². The van der Waals surface area contributed by atoms with Crippen molar-refractivity contribution in [2.24, 2.45) is 0 Å². The highest BCUT2D eigenvalue weighted by atomic mass is 19.1. The maximum absolute atomic E-state index is 13.7. The smallest absolute Gasteiger partial charge is 0.246 e. The van der Waals surface area contributed by atoms with Gasteiger partial charge in [-0.25, -0.2) is 4.39 Å². The number of amides is 1. The number of rotatable bonds is 6. The minimum atomic E-state index is -0.136. The summed E-state index contributed by atoms with van der Waals surface area (Å²) >= 11 is 0. The number of hydrogen-bond acceptors (Lipinski definition) is 3. The number of hydrogen-bond donors (Lipinski definition) is 1. The van der Waals surface area contributed by atoms with Crippen LogP contribution in [-0.4, -0.2) is 50.2 Å². The van der Waals surface area contributed by atoms with Crippen LogP contribution in [0.5, 0.6) is 0 Å². The Labute approximate surface area is 149 Å². The van der Waals surface area contributed by atoms with Gasteiger partial charge < -0.3 is 15.0 Å². The van der Waals surface area contributed by atoms with Crippen LogP contribution < -0.4 is 5.32 Å². The van der Waals surface area contributed by atoms with Crippen molar-refractivity contribution in [3.8, 4) is 0 Å². The van der Waals surface area contributed by atoms with Crippen LogP contribution >= 0.6 is 0 Å². The molecule has 1 saturated heterocycles. The molecule has 0 spiro atoms. The molecule has 0 radical (unpaired) electrons. The van der Waals surface area contributed by atoms with E-state index >= 15 is 0 Å². The van der Waals surface area contributed by atoms with Crippen LogP contribution in [0, 0.1) is 5.82 Å². The summed E-state index contributed by atoms with van der Waals surface area (Å²) in [6.07, 6.45) is 6.66. The number of nitrogens with zero attached hydrogens (tertiary/aromatic N) is 1. The Morgan fingerprint density at radius 3 is 2.68 bits per heavy atom. The molecular weight excluding hydrogens is 319 g/mol. The monoisotopic (exact) mass is 348 g/mol. The van der Waals surface area contributed by atoms with Crippen LogP contribution in [0.25, 0.3) is 0 Å². The summed E-state index contributed by atoms with van der Waals surface area (Å²) in [6.45, 7) is 3.09. The van der Waals surface area contributed by atoms with Crippen molar-refractivity contribution in [3.05, 3.63) is 35.6 Å². The average molecular weight is 348 g/mol. The Kier molecular flexibility index (Phi) is 6.07. The normalized spacial score (nSPS) is 21.4. The van der Waals surface area contributed by atoms with Crippen LogP contribution in [0.2, 0.25) is 0 Å². The van der Waals surface area contributed by atoms with Crippen LogP contribution in [0.1, 0.15) is 44.1 Å². The number of carbonyl (C=O) groups excluding carboxylic acids is 1. The van der Waals surface area contributed by atoms with Crippen LogP contribution in [-0.2, 0) is 14.9 Å². The lowest BCUT2D eigenvalue weighted by atomic mass is 9.78. The largest absolute Gasteiger partial charge is 0.375 e. The minimum absolute atomic E-state index is 0.0343. The predicted molar refractivity (Wildman–Crippen MR) is 96.0 cm³/mol. The zero-order valence-electron chi connectivity index (χ0n) is 15.1. The SMILES string of the molecule is COCC(=O)NC1CCN(CC2(c3cccc(F)c3)CCCC2)CC1. The van der Waals surface area contributed by atoms with Crippen molar-refractivity contribution < 1.29 is 13.9 Å². The second kappa shape index (κ2) is 8.28. The predicted octanol–water partition coefficient (Wildman–Crippen LogP) is 2.86. The van der Waals surface area contributed by atoms with Gasteiger partial charge >= 0.3 is 0 Å². The van der Waals surface area contributed by atoms with Gasteiger partial charge in [0.25, 0.3) is 0 Å². The van der Waals surface area contributed by atoms with E-state index in [1.807, 2.05) is 6.07 Å². The van der Waals surface area contributed by atoms with E-state index < -0.39 is 0 Å². The molecule has 1 amide bonds. The molecule has 0 bridgehead atoms. The molecule has 1 N–H and O–H groups in total. The van der Waals surface area contributed by atoms with Crippen LogP contribution in [0.3, 0.4) is 0 Å². The molecule has 25 heavy (non-hydrogen) atoms. The van der Waals surface area contributed by atoms with Crippen molar-refractivity contribution >= 4 is 5.91 Å². The van der Waals surface area contributed by atoms with E-state index in [-0.39, 0.29) is 29.8 Å². The molecule has 0 aromatic heterocycles. The second-order valence-electron chi connectivity index (χ2n) is 7.55. The third kappa shape index (κ3) is 4.59. The Balaban J connectivity index is 1.59. The molecule has 5 heteroatoms. The molecule has 1 aliphatic heterocycles. The number of carbonyl (C=O) groups is 1. The summed E-state index contributed by atoms with van der Waals surface area (Å²) in [5.41, 5.74) is 1.24. The third-order valence-electron chi connectivity index (χ3n) is 5.75. The fraction of sp³-hybridized carbons (Fsp3) is 0.650. The van der Waals surface area contributed by atoms with Gasteiger partial charge in [-0.15, -0.1) is 0 Å². The number of likely N-dealkylation sites (tertiary alicyclic amines) is 1. The molecule has 1 aromatic carbocycles. The van der Waals surface area contributed by atoms with Gasteiger partial charge in [-0.3, -0.25) is 4.79 Å². The first-order chi connectivity index (χ1) is 12.1. The maximum atomic E-state index is 13.7. The molecule has 1 aliphatic carbocycles. The van der Waals surface area contributed by atoms with Crippen molar-refractivity contribution in [1.82, 2.24) is 10.2 Å². The number of nitrogens with one attached hydrogen (secondary N) is 1. The summed E-state index contributed by atoms with van der Waals surface area (Å²) < 4.78 is 18.6. The van der Waals surface area contributed by atoms with Crippen molar-refractivity contribution in [3.63, 3.8) is 0 Å². The van der Waals surface area contributed by atoms with Gasteiger partial charge in [0.05, 0.1) is 0 Å². The highest BCUT2D eigenvalue weighted by Gasteiger charge is 2.38. The van der Waals surface area contributed by atoms with Crippen molar-refractivity contribution in [2.45, 2.75) is 50.0 Å². The number of benzene rings is 1. The molecule has 1 saturated carbocycles. The molecule has 2 aliphatic rings. The van der Waals surface area contributed by atoms with Gasteiger partial charge in [0, 0.05) is 38.2 Å². The fourth-order valence-corrected chi connectivity index (χ4v) is 4.47. The highest BCUT2D eigenvalue weighted by molar-refractivity contribution is 5.77. The number of ether oxygens (including phenoxy) is 1. The number of halogens is 1. The summed E-state index contributed by atoms with van der Waals surface area (Å²) in [5, 5.41) is 3.04. The van der Waals surface area contributed by atoms with E-state index in [1.54, 1.807) is 6.07 Å². The van der Waals surface area contributed by atoms with Crippen LogP contribution in [0.4, 0.5) is 4.39 Å². The topological polar surface area (TPSA) is 41.6 Å². The second-order valence-corrected chi connectivity index (χ2v) is 7.55. The summed E-state index contributed by atoms with van der Waals surface area (Å²) in [5.74, 6) is -0.170. The zero-order valence-corrected chi connectivity index (χ0v) is 15.1. The van der Waals surface area contributed by atoms with Gasteiger partial charge in [0.1, 0.15) is 12.4 Å². The van der Waals surface area contributed by atoms with E-state index in [1.165, 1.54) is 26.0 Å². The fourth-order valence-electron chi connectivity index (χ4n) is 4.47. The molecule has 0 atom stereocenters. The lowest BCUT2D eigenvalue weighted by Crippen LogP contribution is -2.48. The molecule has 3 rings (SSSR count). The summed E-state index contributed by atoms with van der Waals surface area (Å²) in [4.78, 5) is 14.1. The van der Waals surface area contributed by atoms with Gasteiger partial charge in [-0.05, 0) is 43.4 Å². The highest BCUT2D eigenvalue weighted by Crippen LogP contribution is 2.42. The van der Waals surface area contributed by atoms with Gasteiger partial charge in [0.15, 0.2) is 0 Å². The molecule has 0 unspecified atom stereocenters. The Morgan fingerprint density at radius 1 is 1.32 bits per heavy atom. The number of piperidine rings is 1. The maximum Gasteiger partial charge on any atom is 0.246 e. The standard InChI is InChI=1S/C20H29FN2O2/c1-25-14-19(24)22-18-7-11-23(12-8-18)15-20(9-2-3-10-20)16-5-4-6-17(21)13-16/h4-6,13,18H,2-3,7-12,14-15H2,1H3,(H,22,24). The van der Waals surface area contributed by atoms with E-state index in [4.69, 9.17) is 4.74 Å². The van der Waals surface area contributed by atoms with Gasteiger partial charge in [-0.1, -0.05) is 25.0 Å². The van der Waals surface area contributed by atoms with Crippen molar-refractivity contribution in [1.29, 1.82) is 0 Å². The first-order valence-electron chi connectivity index (χ1n) is 9.38. The van der Waals surface area contributed by atoms with E-state index in [2.05, 4.69) is 16.3 Å². The third-order valence-corrected chi connectivity index (χ3v) is 5.75. The van der Waals surface area contributed by atoms with Gasteiger partial charge in [0.2, 0.25) is 5.91 Å². The average Bonchev–Trinajstić information content (AvgIpc) is 3.07. The Hall–Kier alpha value is -1.46. The number of methoxy groups -OCH3 is 1. The molecular formula is C20H29FN2O2. The van der Waals surface area contributed by atoms with Crippen LogP contribution in [0.15, 0.2) is 24.3 Å². The quantitative estimate of drug-likeness (QED) is 0.859. The van der Waals surface area contributed by atoms with E-state index in [9.17, 15) is 9.18 Å².